The molecule has 2 aromatic heterocycles. The predicted octanol–water partition coefficient (Wildman–Crippen LogP) is 5.33. The summed E-state index contributed by atoms with van der Waals surface area (Å²) in [6.45, 7) is 2.01. The Kier molecular flexibility index (Phi) is 4.80. The van der Waals surface area contributed by atoms with Crippen LogP contribution in [0.2, 0.25) is 0 Å². The molecule has 0 amide bonds. The van der Waals surface area contributed by atoms with Crippen molar-refractivity contribution in [2.75, 3.05) is 12.4 Å². The number of thiazole rings is 1. The van der Waals surface area contributed by atoms with Gasteiger partial charge in [-0.15, -0.1) is 11.3 Å². The Morgan fingerprint density at radius 1 is 0.963 bits per heavy atom. The van der Waals surface area contributed by atoms with Crippen molar-refractivity contribution < 1.29 is 4.74 Å². The van der Waals surface area contributed by atoms with E-state index in [0.717, 1.165) is 38.3 Å². The van der Waals surface area contributed by atoms with Gasteiger partial charge in [0.05, 0.1) is 23.4 Å². The Labute approximate surface area is 161 Å². The Balaban J connectivity index is 1.64. The summed E-state index contributed by atoms with van der Waals surface area (Å²) >= 11 is 1.64. The summed E-state index contributed by atoms with van der Waals surface area (Å²) in [5.74, 6) is 1.32. The van der Waals surface area contributed by atoms with Crippen molar-refractivity contribution in [2.24, 2.45) is 0 Å². The maximum atomic E-state index is 5.26. The van der Waals surface area contributed by atoms with Crippen molar-refractivity contribution in [3.05, 3.63) is 72.6 Å². The second-order valence-electron chi connectivity index (χ2n) is 5.92. The first kappa shape index (κ1) is 17.2. The van der Waals surface area contributed by atoms with E-state index in [1.54, 1.807) is 24.6 Å². The molecule has 4 aromatic rings. The van der Waals surface area contributed by atoms with Crippen LogP contribution < -0.4 is 10.1 Å². The topological polar surface area (TPSA) is 59.9 Å². The molecule has 0 bridgehead atoms. The van der Waals surface area contributed by atoms with E-state index in [1.807, 2.05) is 55.5 Å². The molecule has 134 valence electrons. The first-order valence-corrected chi connectivity index (χ1v) is 9.32. The van der Waals surface area contributed by atoms with Crippen LogP contribution in [0.5, 0.6) is 5.75 Å². The van der Waals surface area contributed by atoms with E-state index >= 15 is 0 Å². The summed E-state index contributed by atoms with van der Waals surface area (Å²) in [7, 11) is 1.65. The zero-order valence-electron chi connectivity index (χ0n) is 15.0. The fourth-order valence-electron chi connectivity index (χ4n) is 2.71. The molecular formula is C21H18N4OS. The van der Waals surface area contributed by atoms with E-state index in [4.69, 9.17) is 9.72 Å². The second-order valence-corrected chi connectivity index (χ2v) is 6.92. The molecule has 0 saturated carbocycles. The summed E-state index contributed by atoms with van der Waals surface area (Å²) in [4.78, 5) is 14.8. The van der Waals surface area contributed by atoms with Crippen LogP contribution >= 0.6 is 11.3 Å². The van der Waals surface area contributed by atoms with Crippen molar-refractivity contribution in [3.63, 3.8) is 0 Å². The van der Waals surface area contributed by atoms with Gasteiger partial charge >= 0.3 is 0 Å². The van der Waals surface area contributed by atoms with Gasteiger partial charge in [-0.3, -0.25) is 0 Å². The van der Waals surface area contributed by atoms with Crippen LogP contribution in [0, 0.1) is 6.92 Å². The highest BCUT2D eigenvalue weighted by Crippen LogP contribution is 2.34. The number of hydrogen-bond acceptors (Lipinski definition) is 6. The Hall–Kier alpha value is -3.25. The number of rotatable bonds is 5. The van der Waals surface area contributed by atoms with Gasteiger partial charge in [-0.2, -0.15) is 0 Å². The van der Waals surface area contributed by atoms with E-state index in [-0.39, 0.29) is 0 Å². The van der Waals surface area contributed by atoms with Gasteiger partial charge in [0.15, 0.2) is 0 Å². The summed E-state index contributed by atoms with van der Waals surface area (Å²) in [5, 5.41) is 4.22. The van der Waals surface area contributed by atoms with Gasteiger partial charge in [0.2, 0.25) is 5.95 Å². The van der Waals surface area contributed by atoms with Gasteiger partial charge in [0.25, 0.3) is 0 Å². The summed E-state index contributed by atoms with van der Waals surface area (Å²) in [5.41, 5.74) is 3.80. The summed E-state index contributed by atoms with van der Waals surface area (Å²) in [6, 6.07) is 19.8. The van der Waals surface area contributed by atoms with Gasteiger partial charge < -0.3 is 10.1 Å². The quantitative estimate of drug-likeness (QED) is 0.512. The maximum absolute atomic E-state index is 5.26. The first-order valence-electron chi connectivity index (χ1n) is 8.50. The minimum absolute atomic E-state index is 0.537. The standard InChI is InChI=1S/C21H18N4OS/c1-14-19(27-20(23-14)15-7-4-3-5-8-15)18-11-12-22-21(25-18)24-16-9-6-10-17(13-16)26-2/h3-13H,1-2H3,(H,22,24,25). The number of benzene rings is 2. The van der Waals surface area contributed by atoms with Crippen LogP contribution in [-0.4, -0.2) is 22.1 Å². The zero-order valence-corrected chi connectivity index (χ0v) is 15.8. The van der Waals surface area contributed by atoms with E-state index in [0.29, 0.717) is 5.95 Å². The molecule has 5 nitrogen and oxygen atoms in total. The highest BCUT2D eigenvalue weighted by Gasteiger charge is 2.13. The fraction of sp³-hybridized carbons (Fsp3) is 0.0952. The molecule has 0 saturated heterocycles. The zero-order chi connectivity index (χ0) is 18.6. The monoisotopic (exact) mass is 374 g/mol. The number of methoxy groups -OCH3 is 1. The number of aryl methyl sites for hydroxylation is 1. The van der Waals surface area contributed by atoms with Gasteiger partial charge in [-0.05, 0) is 25.1 Å². The molecule has 6 heteroatoms. The molecule has 0 radical (unpaired) electrons. The average Bonchev–Trinajstić information content (AvgIpc) is 3.11. The Morgan fingerprint density at radius 3 is 2.63 bits per heavy atom. The van der Waals surface area contributed by atoms with Gasteiger partial charge in [-0.25, -0.2) is 15.0 Å². The highest BCUT2D eigenvalue weighted by atomic mass is 32.1. The third-order valence-corrected chi connectivity index (χ3v) is 5.26. The molecule has 0 atom stereocenters. The van der Waals surface area contributed by atoms with Gasteiger partial charge in [0, 0.05) is 23.5 Å². The number of ether oxygens (including phenoxy) is 1. The lowest BCUT2D eigenvalue weighted by atomic mass is 10.2. The van der Waals surface area contributed by atoms with Crippen molar-refractivity contribution >= 4 is 23.0 Å². The predicted molar refractivity (Wildman–Crippen MR) is 110 cm³/mol. The average molecular weight is 374 g/mol. The van der Waals surface area contributed by atoms with Crippen molar-refractivity contribution in [1.82, 2.24) is 15.0 Å². The van der Waals surface area contributed by atoms with E-state index in [9.17, 15) is 0 Å². The van der Waals surface area contributed by atoms with Gasteiger partial charge in [-0.1, -0.05) is 36.4 Å². The fourth-order valence-corrected chi connectivity index (χ4v) is 3.76. The number of aromatic nitrogens is 3. The molecule has 0 fully saturated rings. The Bertz CT molecular complexity index is 1060. The van der Waals surface area contributed by atoms with Gasteiger partial charge in [0.1, 0.15) is 10.8 Å². The minimum Gasteiger partial charge on any atom is -0.497 e. The van der Waals surface area contributed by atoms with Crippen LogP contribution in [0.3, 0.4) is 0 Å². The number of nitrogens with one attached hydrogen (secondary N) is 1. The smallest absolute Gasteiger partial charge is 0.227 e. The molecule has 0 aliphatic carbocycles. The third-order valence-electron chi connectivity index (χ3n) is 4.03. The van der Waals surface area contributed by atoms with E-state index < -0.39 is 0 Å². The molecule has 2 heterocycles. The van der Waals surface area contributed by atoms with E-state index in [1.165, 1.54) is 0 Å². The van der Waals surface area contributed by atoms with Crippen LogP contribution in [-0.2, 0) is 0 Å². The third kappa shape index (κ3) is 3.80. The van der Waals surface area contributed by atoms with Crippen molar-refractivity contribution in [2.45, 2.75) is 6.92 Å². The molecular weight excluding hydrogens is 356 g/mol. The van der Waals surface area contributed by atoms with Crippen LogP contribution in [0.25, 0.3) is 21.1 Å². The molecule has 1 N–H and O–H groups in total. The molecule has 27 heavy (non-hydrogen) atoms. The largest absolute Gasteiger partial charge is 0.497 e. The summed E-state index contributed by atoms with van der Waals surface area (Å²) in [6.07, 6.45) is 1.76. The van der Waals surface area contributed by atoms with Crippen LogP contribution in [0.15, 0.2) is 66.9 Å². The SMILES string of the molecule is COc1cccc(Nc2nccc(-c3sc(-c4ccccc4)nc3C)n2)c1. The van der Waals surface area contributed by atoms with Crippen LogP contribution in [0.1, 0.15) is 5.69 Å². The molecule has 2 aromatic carbocycles. The Morgan fingerprint density at radius 2 is 1.81 bits per heavy atom. The van der Waals surface area contributed by atoms with Crippen LogP contribution in [0.4, 0.5) is 11.6 Å². The highest BCUT2D eigenvalue weighted by molar-refractivity contribution is 7.18. The first-order chi connectivity index (χ1) is 13.2. The van der Waals surface area contributed by atoms with Crippen molar-refractivity contribution in [3.8, 4) is 26.9 Å². The molecule has 0 aliphatic rings. The van der Waals surface area contributed by atoms with E-state index in [2.05, 4.69) is 27.4 Å². The number of hydrogen-bond donors (Lipinski definition) is 1. The number of nitrogens with zero attached hydrogens (tertiary/aromatic N) is 3. The normalized spacial score (nSPS) is 10.6. The molecule has 0 aliphatic heterocycles. The lowest BCUT2D eigenvalue weighted by molar-refractivity contribution is 0.415. The summed E-state index contributed by atoms with van der Waals surface area (Å²) < 4.78 is 5.26. The molecule has 0 spiro atoms. The minimum atomic E-state index is 0.537. The maximum Gasteiger partial charge on any atom is 0.227 e. The second kappa shape index (κ2) is 7.55. The van der Waals surface area contributed by atoms with Crippen molar-refractivity contribution in [1.29, 1.82) is 0 Å². The molecule has 4 rings (SSSR count). The lowest BCUT2D eigenvalue weighted by Gasteiger charge is -2.07. The lowest BCUT2D eigenvalue weighted by Crippen LogP contribution is -1.98. The molecule has 0 unspecified atom stereocenters. The number of anilines is 2.